The molecule has 1 aromatic heterocycles. The van der Waals surface area contributed by atoms with E-state index in [9.17, 15) is 8.42 Å². The van der Waals surface area contributed by atoms with E-state index < -0.39 is 10.0 Å². The number of rotatable bonds is 4. The van der Waals surface area contributed by atoms with E-state index in [0.717, 1.165) is 0 Å². The molecule has 0 atom stereocenters. The molecular formula is C9H15NO3S2. The minimum Gasteiger partial charge on any atom is -0.391 e. The Morgan fingerprint density at radius 3 is 2.53 bits per heavy atom. The average Bonchev–Trinajstić information content (AvgIpc) is 2.45. The minimum atomic E-state index is -3.43. The molecule has 4 nitrogen and oxygen atoms in total. The van der Waals surface area contributed by atoms with Crippen molar-refractivity contribution in [3.63, 3.8) is 0 Å². The molecular weight excluding hydrogens is 234 g/mol. The zero-order chi connectivity index (χ0) is 11.6. The summed E-state index contributed by atoms with van der Waals surface area (Å²) in [5.41, 5.74) is 0. The monoisotopic (exact) mass is 249 g/mol. The molecule has 2 N–H and O–H groups in total. The predicted molar refractivity (Wildman–Crippen MR) is 60.4 cm³/mol. The highest BCUT2D eigenvalue weighted by molar-refractivity contribution is 7.89. The van der Waals surface area contributed by atoms with Gasteiger partial charge in [0.05, 0.1) is 11.5 Å². The van der Waals surface area contributed by atoms with Gasteiger partial charge in [-0.25, -0.2) is 13.1 Å². The van der Waals surface area contributed by atoms with Gasteiger partial charge in [0.1, 0.15) is 0 Å². The van der Waals surface area contributed by atoms with E-state index in [1.54, 1.807) is 20.8 Å². The molecule has 0 amide bonds. The summed E-state index contributed by atoms with van der Waals surface area (Å²) in [7, 11) is -3.43. The predicted octanol–water partition coefficient (Wildman–Crippen LogP) is 1.24. The lowest BCUT2D eigenvalue weighted by Gasteiger charge is -2.08. The number of aliphatic hydroxyl groups excluding tert-OH is 1. The van der Waals surface area contributed by atoms with Crippen molar-refractivity contribution in [1.82, 2.24) is 4.72 Å². The van der Waals surface area contributed by atoms with Crippen LogP contribution in [0.25, 0.3) is 0 Å². The van der Waals surface area contributed by atoms with Crippen LogP contribution >= 0.6 is 11.3 Å². The molecule has 0 aromatic carbocycles. The topological polar surface area (TPSA) is 66.4 Å². The highest BCUT2D eigenvalue weighted by Crippen LogP contribution is 2.25. The molecule has 6 heteroatoms. The summed E-state index contributed by atoms with van der Waals surface area (Å²) in [5.74, 6) is 0. The van der Waals surface area contributed by atoms with Gasteiger partial charge in [0, 0.05) is 15.8 Å². The maximum Gasteiger partial charge on any atom is 0.241 e. The summed E-state index contributed by atoms with van der Waals surface area (Å²) in [4.78, 5) is 1.63. The summed E-state index contributed by atoms with van der Waals surface area (Å²) in [6.45, 7) is 5.15. The zero-order valence-corrected chi connectivity index (χ0v) is 10.6. The van der Waals surface area contributed by atoms with Crippen molar-refractivity contribution in [2.75, 3.05) is 0 Å². The molecule has 86 valence electrons. The second kappa shape index (κ2) is 4.61. The van der Waals surface area contributed by atoms with Crippen molar-refractivity contribution in [3.05, 3.63) is 15.8 Å². The summed E-state index contributed by atoms with van der Waals surface area (Å²) < 4.78 is 26.1. The maximum atomic E-state index is 11.8. The zero-order valence-electron chi connectivity index (χ0n) is 8.94. The summed E-state index contributed by atoms with van der Waals surface area (Å²) in [6, 6.07) is 1.39. The van der Waals surface area contributed by atoms with Crippen LogP contribution in [0.5, 0.6) is 0 Å². The van der Waals surface area contributed by atoms with Gasteiger partial charge in [-0.2, -0.15) is 0 Å². The van der Waals surface area contributed by atoms with Gasteiger partial charge < -0.3 is 5.11 Å². The standard InChI is InChI=1S/C9H15NO3S2/c1-6(2)10-15(12,13)9-4-8(5-11)14-7(9)3/h4,6,10-11H,5H2,1-3H3. The Kier molecular flexibility index (Phi) is 3.88. The quantitative estimate of drug-likeness (QED) is 0.843. The number of aliphatic hydroxyl groups is 1. The van der Waals surface area contributed by atoms with Crippen LogP contribution in [0.15, 0.2) is 11.0 Å². The fraction of sp³-hybridized carbons (Fsp3) is 0.556. The molecule has 0 aliphatic heterocycles. The minimum absolute atomic E-state index is 0.122. The van der Waals surface area contributed by atoms with E-state index in [-0.39, 0.29) is 17.5 Å². The fourth-order valence-electron chi connectivity index (χ4n) is 1.24. The van der Waals surface area contributed by atoms with Crippen LogP contribution in [0.4, 0.5) is 0 Å². The first-order valence-electron chi connectivity index (χ1n) is 4.59. The lowest BCUT2D eigenvalue weighted by molar-refractivity contribution is 0.285. The second-order valence-corrected chi connectivity index (χ2v) is 6.59. The number of hydrogen-bond donors (Lipinski definition) is 2. The largest absolute Gasteiger partial charge is 0.391 e. The molecule has 0 aliphatic carbocycles. The van der Waals surface area contributed by atoms with Gasteiger partial charge in [-0.3, -0.25) is 0 Å². The highest BCUT2D eigenvalue weighted by Gasteiger charge is 2.20. The summed E-state index contributed by atoms with van der Waals surface area (Å²) in [5, 5.41) is 8.92. The Hall–Kier alpha value is -0.430. The molecule has 0 spiro atoms. The maximum absolute atomic E-state index is 11.8. The molecule has 0 saturated heterocycles. The van der Waals surface area contributed by atoms with Crippen LogP contribution in [0.1, 0.15) is 23.6 Å². The SMILES string of the molecule is Cc1sc(CO)cc1S(=O)(=O)NC(C)C. The van der Waals surface area contributed by atoms with Gasteiger partial charge in [-0.1, -0.05) is 0 Å². The average molecular weight is 249 g/mol. The molecule has 0 aliphatic rings. The normalized spacial score (nSPS) is 12.3. The number of thiophene rings is 1. The van der Waals surface area contributed by atoms with Gasteiger partial charge in [0.2, 0.25) is 10.0 Å². The van der Waals surface area contributed by atoms with Crippen molar-refractivity contribution in [2.24, 2.45) is 0 Å². The van der Waals surface area contributed by atoms with Crippen molar-refractivity contribution in [1.29, 1.82) is 0 Å². The highest BCUT2D eigenvalue weighted by atomic mass is 32.2. The Morgan fingerprint density at radius 2 is 2.13 bits per heavy atom. The van der Waals surface area contributed by atoms with Crippen LogP contribution in [0, 0.1) is 6.92 Å². The summed E-state index contributed by atoms with van der Waals surface area (Å²) in [6.07, 6.45) is 0. The number of hydrogen-bond acceptors (Lipinski definition) is 4. The van der Waals surface area contributed by atoms with Gasteiger partial charge in [-0.15, -0.1) is 11.3 Å². The van der Waals surface area contributed by atoms with E-state index in [4.69, 9.17) is 5.11 Å². The van der Waals surface area contributed by atoms with Crippen LogP contribution < -0.4 is 4.72 Å². The van der Waals surface area contributed by atoms with Crippen molar-refractivity contribution in [2.45, 2.75) is 38.3 Å². The van der Waals surface area contributed by atoms with Crippen LogP contribution in [-0.4, -0.2) is 19.6 Å². The molecule has 0 unspecified atom stereocenters. The second-order valence-electron chi connectivity index (χ2n) is 3.57. The van der Waals surface area contributed by atoms with Gasteiger partial charge in [0.25, 0.3) is 0 Å². The van der Waals surface area contributed by atoms with Gasteiger partial charge >= 0.3 is 0 Å². The van der Waals surface area contributed by atoms with Gasteiger partial charge in [0.15, 0.2) is 0 Å². The lowest BCUT2D eigenvalue weighted by atomic mass is 10.4. The van der Waals surface area contributed by atoms with Crippen LogP contribution in [0.3, 0.4) is 0 Å². The van der Waals surface area contributed by atoms with Crippen LogP contribution in [0.2, 0.25) is 0 Å². The molecule has 0 fully saturated rings. The van der Waals surface area contributed by atoms with E-state index in [1.165, 1.54) is 17.4 Å². The Balaban J connectivity index is 3.09. The third-order valence-electron chi connectivity index (χ3n) is 1.76. The molecule has 0 saturated carbocycles. The molecule has 1 rings (SSSR count). The number of nitrogens with one attached hydrogen (secondary N) is 1. The Bertz CT molecular complexity index is 434. The van der Waals surface area contributed by atoms with Gasteiger partial charge in [-0.05, 0) is 26.8 Å². The van der Waals surface area contributed by atoms with E-state index in [1.807, 2.05) is 0 Å². The van der Waals surface area contributed by atoms with Crippen LogP contribution in [-0.2, 0) is 16.6 Å². The Labute approximate surface area is 94.0 Å². The first-order valence-corrected chi connectivity index (χ1v) is 6.89. The van der Waals surface area contributed by atoms with Crippen molar-refractivity contribution < 1.29 is 13.5 Å². The van der Waals surface area contributed by atoms with Crippen molar-refractivity contribution in [3.8, 4) is 0 Å². The molecule has 0 radical (unpaired) electrons. The first kappa shape index (κ1) is 12.6. The first-order chi connectivity index (χ1) is 6.86. The smallest absolute Gasteiger partial charge is 0.241 e. The molecule has 1 heterocycles. The van der Waals surface area contributed by atoms with E-state index in [0.29, 0.717) is 9.75 Å². The molecule has 0 bridgehead atoms. The molecule has 15 heavy (non-hydrogen) atoms. The fourth-order valence-corrected chi connectivity index (χ4v) is 3.99. The lowest BCUT2D eigenvalue weighted by Crippen LogP contribution is -2.30. The number of sulfonamides is 1. The summed E-state index contributed by atoms with van der Waals surface area (Å²) >= 11 is 1.30. The van der Waals surface area contributed by atoms with Crippen molar-refractivity contribution >= 4 is 21.4 Å². The van der Waals surface area contributed by atoms with E-state index >= 15 is 0 Å². The molecule has 1 aromatic rings. The third kappa shape index (κ3) is 3.01. The third-order valence-corrected chi connectivity index (χ3v) is 4.71. The number of aryl methyl sites for hydroxylation is 1. The Morgan fingerprint density at radius 1 is 1.53 bits per heavy atom. The van der Waals surface area contributed by atoms with E-state index in [2.05, 4.69) is 4.72 Å².